The zero-order valence-electron chi connectivity index (χ0n) is 11.1. The van der Waals surface area contributed by atoms with E-state index in [-0.39, 0.29) is 0 Å². The Balaban J connectivity index is 2.24. The van der Waals surface area contributed by atoms with Crippen molar-refractivity contribution < 1.29 is 5.11 Å². The predicted molar refractivity (Wildman–Crippen MR) is 69.6 cm³/mol. The van der Waals surface area contributed by atoms with Gasteiger partial charge in [-0.1, -0.05) is 46.0 Å². The van der Waals surface area contributed by atoms with Crippen LogP contribution in [-0.2, 0) is 0 Å². The van der Waals surface area contributed by atoms with Gasteiger partial charge in [-0.3, -0.25) is 0 Å². The van der Waals surface area contributed by atoms with Gasteiger partial charge in [-0.05, 0) is 25.7 Å². The molecular formula is C14H29NO. The highest BCUT2D eigenvalue weighted by atomic mass is 16.3. The first-order valence-electron chi connectivity index (χ1n) is 7.16. The van der Waals surface area contributed by atoms with E-state index in [4.69, 9.17) is 0 Å². The van der Waals surface area contributed by atoms with E-state index in [0.29, 0.717) is 6.04 Å². The van der Waals surface area contributed by atoms with Gasteiger partial charge in [0.2, 0.25) is 0 Å². The SMILES string of the molecule is CCCCC(CC)NCC1(O)CCCCC1. The van der Waals surface area contributed by atoms with E-state index in [2.05, 4.69) is 19.2 Å². The first kappa shape index (κ1) is 14.0. The average molecular weight is 227 g/mol. The molecule has 1 unspecified atom stereocenters. The summed E-state index contributed by atoms with van der Waals surface area (Å²) in [6.07, 6.45) is 10.7. The molecule has 1 fully saturated rings. The minimum absolute atomic E-state index is 0.405. The maximum absolute atomic E-state index is 10.4. The second-order valence-corrected chi connectivity index (χ2v) is 5.41. The van der Waals surface area contributed by atoms with E-state index in [0.717, 1.165) is 19.4 Å². The molecule has 1 atom stereocenters. The summed E-state index contributed by atoms with van der Waals surface area (Å²) in [4.78, 5) is 0. The monoisotopic (exact) mass is 227 g/mol. The molecule has 96 valence electrons. The van der Waals surface area contributed by atoms with Gasteiger partial charge in [-0.15, -0.1) is 0 Å². The van der Waals surface area contributed by atoms with Crippen molar-refractivity contribution in [3.63, 3.8) is 0 Å². The van der Waals surface area contributed by atoms with Crippen LogP contribution >= 0.6 is 0 Å². The number of nitrogens with one attached hydrogen (secondary N) is 1. The second-order valence-electron chi connectivity index (χ2n) is 5.41. The lowest BCUT2D eigenvalue weighted by molar-refractivity contribution is 0.00229. The molecule has 0 radical (unpaired) electrons. The van der Waals surface area contributed by atoms with Crippen LogP contribution in [0.2, 0.25) is 0 Å². The molecule has 2 N–H and O–H groups in total. The fraction of sp³-hybridized carbons (Fsp3) is 1.00. The fourth-order valence-corrected chi connectivity index (χ4v) is 2.62. The molecule has 16 heavy (non-hydrogen) atoms. The number of aliphatic hydroxyl groups is 1. The van der Waals surface area contributed by atoms with E-state index >= 15 is 0 Å². The summed E-state index contributed by atoms with van der Waals surface area (Å²) in [5.41, 5.74) is -0.405. The van der Waals surface area contributed by atoms with Crippen molar-refractivity contribution in [2.75, 3.05) is 6.54 Å². The van der Waals surface area contributed by atoms with Gasteiger partial charge in [0.05, 0.1) is 5.60 Å². The Morgan fingerprint density at radius 3 is 2.44 bits per heavy atom. The first-order valence-corrected chi connectivity index (χ1v) is 7.16. The molecule has 0 aromatic carbocycles. The van der Waals surface area contributed by atoms with Crippen molar-refractivity contribution in [2.24, 2.45) is 0 Å². The lowest BCUT2D eigenvalue weighted by atomic mass is 9.84. The van der Waals surface area contributed by atoms with Crippen LogP contribution in [0.5, 0.6) is 0 Å². The Kier molecular flexibility index (Phi) is 6.37. The number of unbranched alkanes of at least 4 members (excludes halogenated alkanes) is 1. The van der Waals surface area contributed by atoms with Crippen molar-refractivity contribution >= 4 is 0 Å². The molecule has 0 heterocycles. The Morgan fingerprint density at radius 2 is 1.88 bits per heavy atom. The highest BCUT2D eigenvalue weighted by Gasteiger charge is 2.29. The van der Waals surface area contributed by atoms with E-state index in [1.807, 2.05) is 0 Å². The lowest BCUT2D eigenvalue weighted by Crippen LogP contribution is -2.45. The maximum Gasteiger partial charge on any atom is 0.0771 e. The van der Waals surface area contributed by atoms with Crippen molar-refractivity contribution in [3.05, 3.63) is 0 Å². The van der Waals surface area contributed by atoms with Crippen LogP contribution < -0.4 is 5.32 Å². The van der Waals surface area contributed by atoms with Crippen LogP contribution in [0.25, 0.3) is 0 Å². The van der Waals surface area contributed by atoms with Gasteiger partial charge >= 0.3 is 0 Å². The fourth-order valence-electron chi connectivity index (χ4n) is 2.62. The van der Waals surface area contributed by atoms with E-state index in [1.165, 1.54) is 44.9 Å². The quantitative estimate of drug-likeness (QED) is 0.700. The summed E-state index contributed by atoms with van der Waals surface area (Å²) < 4.78 is 0. The minimum Gasteiger partial charge on any atom is -0.389 e. The molecule has 0 aromatic rings. The third-order valence-electron chi connectivity index (χ3n) is 3.90. The van der Waals surface area contributed by atoms with Gasteiger partial charge in [0.25, 0.3) is 0 Å². The van der Waals surface area contributed by atoms with Crippen molar-refractivity contribution in [1.29, 1.82) is 0 Å². The number of rotatable bonds is 7. The minimum atomic E-state index is -0.405. The van der Waals surface area contributed by atoms with Gasteiger partial charge in [0, 0.05) is 12.6 Å². The Bertz CT molecular complexity index is 176. The summed E-state index contributed by atoms with van der Waals surface area (Å²) in [6.45, 7) is 5.27. The van der Waals surface area contributed by atoms with Crippen LogP contribution in [0.15, 0.2) is 0 Å². The average Bonchev–Trinajstić information content (AvgIpc) is 2.30. The molecule has 1 rings (SSSR count). The van der Waals surface area contributed by atoms with Crippen molar-refractivity contribution in [3.8, 4) is 0 Å². The highest BCUT2D eigenvalue weighted by molar-refractivity contribution is 4.85. The first-order chi connectivity index (χ1) is 7.70. The van der Waals surface area contributed by atoms with Crippen molar-refractivity contribution in [1.82, 2.24) is 5.32 Å². The van der Waals surface area contributed by atoms with Gasteiger partial charge in [-0.25, -0.2) is 0 Å². The van der Waals surface area contributed by atoms with Crippen molar-refractivity contribution in [2.45, 2.75) is 83.3 Å². The van der Waals surface area contributed by atoms with E-state index < -0.39 is 5.60 Å². The molecule has 0 saturated heterocycles. The molecule has 1 saturated carbocycles. The van der Waals surface area contributed by atoms with Crippen LogP contribution in [0.3, 0.4) is 0 Å². The number of hydrogen-bond acceptors (Lipinski definition) is 2. The molecule has 2 heteroatoms. The van der Waals surface area contributed by atoms with Crippen LogP contribution in [-0.4, -0.2) is 23.3 Å². The van der Waals surface area contributed by atoms with E-state index in [9.17, 15) is 5.11 Å². The molecule has 0 spiro atoms. The smallest absolute Gasteiger partial charge is 0.0771 e. The molecule has 2 nitrogen and oxygen atoms in total. The van der Waals surface area contributed by atoms with Gasteiger partial charge in [0.15, 0.2) is 0 Å². The Morgan fingerprint density at radius 1 is 1.19 bits per heavy atom. The third-order valence-corrected chi connectivity index (χ3v) is 3.90. The zero-order valence-corrected chi connectivity index (χ0v) is 11.1. The molecule has 1 aliphatic carbocycles. The number of hydrogen-bond donors (Lipinski definition) is 2. The topological polar surface area (TPSA) is 32.3 Å². The summed E-state index contributed by atoms with van der Waals surface area (Å²) in [7, 11) is 0. The Labute approximate surface area is 101 Å². The van der Waals surface area contributed by atoms with Gasteiger partial charge in [-0.2, -0.15) is 0 Å². The molecule has 1 aliphatic rings. The normalized spacial score (nSPS) is 21.9. The highest BCUT2D eigenvalue weighted by Crippen LogP contribution is 2.27. The molecular weight excluding hydrogens is 198 g/mol. The van der Waals surface area contributed by atoms with Crippen LogP contribution in [0.1, 0.15) is 71.6 Å². The summed E-state index contributed by atoms with van der Waals surface area (Å²) >= 11 is 0. The summed E-state index contributed by atoms with van der Waals surface area (Å²) in [5.74, 6) is 0. The third kappa shape index (κ3) is 4.84. The molecule has 0 amide bonds. The summed E-state index contributed by atoms with van der Waals surface area (Å²) in [6, 6.07) is 0.603. The van der Waals surface area contributed by atoms with Gasteiger partial charge < -0.3 is 10.4 Å². The second kappa shape index (κ2) is 7.29. The largest absolute Gasteiger partial charge is 0.389 e. The summed E-state index contributed by atoms with van der Waals surface area (Å²) in [5, 5.41) is 13.9. The lowest BCUT2D eigenvalue weighted by Gasteiger charge is -2.33. The van der Waals surface area contributed by atoms with Crippen LogP contribution in [0, 0.1) is 0 Å². The molecule has 0 aliphatic heterocycles. The zero-order chi connectivity index (χ0) is 11.9. The van der Waals surface area contributed by atoms with Crippen LogP contribution in [0.4, 0.5) is 0 Å². The standard InChI is InChI=1S/C14H29NO/c1-3-5-9-13(4-2)15-12-14(16)10-7-6-8-11-14/h13,15-16H,3-12H2,1-2H3. The molecule has 0 bridgehead atoms. The van der Waals surface area contributed by atoms with Gasteiger partial charge in [0.1, 0.15) is 0 Å². The maximum atomic E-state index is 10.4. The van der Waals surface area contributed by atoms with E-state index in [1.54, 1.807) is 0 Å². The Hall–Kier alpha value is -0.0800. The molecule has 0 aromatic heterocycles. The predicted octanol–water partition coefficient (Wildman–Crippen LogP) is 3.24.